The van der Waals surface area contributed by atoms with Crippen LogP contribution in [0.15, 0.2) is 6.33 Å². The number of aliphatic hydroxyl groups is 1. The van der Waals surface area contributed by atoms with Crippen molar-refractivity contribution in [2.75, 3.05) is 23.9 Å². The second kappa shape index (κ2) is 4.90. The normalized spacial score (nSPS) is 12.3. The Labute approximate surface area is 89.1 Å². The number of nitrogens with two attached hydrogens (primary N) is 1. The van der Waals surface area contributed by atoms with E-state index in [9.17, 15) is 5.11 Å². The predicted molar refractivity (Wildman–Crippen MR) is 59.5 cm³/mol. The molecule has 1 unspecified atom stereocenters. The molecule has 0 saturated heterocycles. The van der Waals surface area contributed by atoms with Crippen LogP contribution in [0.1, 0.15) is 12.5 Å². The lowest BCUT2D eigenvalue weighted by Crippen LogP contribution is -2.28. The molecular weight excluding hydrogens is 194 g/mol. The van der Waals surface area contributed by atoms with Crippen LogP contribution in [0, 0.1) is 6.92 Å². The number of nitrogens with zero attached hydrogens (tertiary/aromatic N) is 3. The molecule has 4 N–H and O–H groups in total. The molecule has 0 aliphatic rings. The number of nitrogen functional groups attached to an aromatic ring is 1. The van der Waals surface area contributed by atoms with Crippen LogP contribution in [0.25, 0.3) is 0 Å². The molecule has 0 saturated carbocycles. The summed E-state index contributed by atoms with van der Waals surface area (Å²) in [5, 5.41) is 9.28. The predicted octanol–water partition coefficient (Wildman–Crippen LogP) is -0.112. The molecular formula is C9H17N5O. The summed E-state index contributed by atoms with van der Waals surface area (Å²) in [5.41, 5.74) is 3.37. The van der Waals surface area contributed by atoms with Crippen molar-refractivity contribution in [3.05, 3.63) is 11.9 Å². The molecule has 0 aromatic carbocycles. The van der Waals surface area contributed by atoms with Gasteiger partial charge in [0, 0.05) is 19.2 Å². The third kappa shape index (κ3) is 2.77. The maximum absolute atomic E-state index is 9.28. The molecule has 6 heteroatoms. The highest BCUT2D eigenvalue weighted by Gasteiger charge is 2.11. The summed E-state index contributed by atoms with van der Waals surface area (Å²) >= 11 is 0. The monoisotopic (exact) mass is 211 g/mol. The van der Waals surface area contributed by atoms with E-state index in [2.05, 4.69) is 15.4 Å². The van der Waals surface area contributed by atoms with Crippen molar-refractivity contribution in [1.82, 2.24) is 9.97 Å². The first-order valence-electron chi connectivity index (χ1n) is 4.73. The average Bonchev–Trinajstić information content (AvgIpc) is 2.17. The smallest absolute Gasteiger partial charge is 0.148 e. The van der Waals surface area contributed by atoms with E-state index < -0.39 is 6.10 Å². The largest absolute Gasteiger partial charge is 0.392 e. The highest BCUT2D eigenvalue weighted by molar-refractivity contribution is 5.56. The number of hydrazine groups is 1. The number of aliphatic hydroxyl groups excluding tert-OH is 1. The SMILES string of the molecule is Cc1c(NN)ncnc1N(C)CC(C)O. The van der Waals surface area contributed by atoms with Crippen LogP contribution < -0.4 is 16.2 Å². The molecule has 84 valence electrons. The number of anilines is 2. The Balaban J connectivity index is 2.93. The van der Waals surface area contributed by atoms with Crippen LogP contribution in [0.3, 0.4) is 0 Å². The summed E-state index contributed by atoms with van der Waals surface area (Å²) in [6.45, 7) is 4.13. The summed E-state index contributed by atoms with van der Waals surface area (Å²) < 4.78 is 0. The van der Waals surface area contributed by atoms with Crippen molar-refractivity contribution in [3.8, 4) is 0 Å². The maximum Gasteiger partial charge on any atom is 0.148 e. The summed E-state index contributed by atoms with van der Waals surface area (Å²) in [7, 11) is 1.86. The fraction of sp³-hybridized carbons (Fsp3) is 0.556. The van der Waals surface area contributed by atoms with Crippen molar-refractivity contribution in [2.45, 2.75) is 20.0 Å². The zero-order valence-electron chi connectivity index (χ0n) is 9.23. The van der Waals surface area contributed by atoms with Gasteiger partial charge in [-0.05, 0) is 13.8 Å². The molecule has 15 heavy (non-hydrogen) atoms. The molecule has 1 heterocycles. The number of hydrogen-bond acceptors (Lipinski definition) is 6. The summed E-state index contributed by atoms with van der Waals surface area (Å²) in [5.74, 6) is 6.67. The van der Waals surface area contributed by atoms with Gasteiger partial charge >= 0.3 is 0 Å². The first kappa shape index (κ1) is 11.7. The number of aromatic nitrogens is 2. The zero-order chi connectivity index (χ0) is 11.4. The zero-order valence-corrected chi connectivity index (χ0v) is 9.23. The fourth-order valence-electron chi connectivity index (χ4n) is 1.45. The van der Waals surface area contributed by atoms with Crippen molar-refractivity contribution in [2.24, 2.45) is 5.84 Å². The molecule has 1 aromatic rings. The summed E-state index contributed by atoms with van der Waals surface area (Å²) in [6, 6.07) is 0. The third-order valence-electron chi connectivity index (χ3n) is 2.09. The molecule has 6 nitrogen and oxygen atoms in total. The Morgan fingerprint density at radius 1 is 1.60 bits per heavy atom. The molecule has 0 aliphatic carbocycles. The minimum absolute atomic E-state index is 0.404. The van der Waals surface area contributed by atoms with Crippen molar-refractivity contribution in [1.29, 1.82) is 0 Å². The van der Waals surface area contributed by atoms with Crippen molar-refractivity contribution >= 4 is 11.6 Å². The lowest BCUT2D eigenvalue weighted by Gasteiger charge is -2.22. The van der Waals surface area contributed by atoms with E-state index in [-0.39, 0.29) is 0 Å². The molecule has 0 amide bonds. The van der Waals surface area contributed by atoms with Gasteiger partial charge in [-0.1, -0.05) is 0 Å². The third-order valence-corrected chi connectivity index (χ3v) is 2.09. The molecule has 0 spiro atoms. The quantitative estimate of drug-likeness (QED) is 0.475. The number of hydrogen-bond donors (Lipinski definition) is 3. The Morgan fingerprint density at radius 2 is 2.27 bits per heavy atom. The van der Waals surface area contributed by atoms with Crippen LogP contribution >= 0.6 is 0 Å². The number of rotatable bonds is 4. The maximum atomic E-state index is 9.28. The molecule has 0 radical (unpaired) electrons. The minimum Gasteiger partial charge on any atom is -0.392 e. The van der Waals surface area contributed by atoms with Crippen LogP contribution in [0.5, 0.6) is 0 Å². The van der Waals surface area contributed by atoms with Gasteiger partial charge in [-0.3, -0.25) is 0 Å². The Morgan fingerprint density at radius 3 is 2.80 bits per heavy atom. The topological polar surface area (TPSA) is 87.3 Å². The van der Waals surface area contributed by atoms with E-state index in [1.807, 2.05) is 18.9 Å². The molecule has 0 bridgehead atoms. The highest BCUT2D eigenvalue weighted by atomic mass is 16.3. The summed E-state index contributed by atoms with van der Waals surface area (Å²) in [6.07, 6.45) is 1.04. The van der Waals surface area contributed by atoms with Gasteiger partial charge in [0.25, 0.3) is 0 Å². The van der Waals surface area contributed by atoms with Crippen LogP contribution in [-0.4, -0.2) is 34.8 Å². The van der Waals surface area contributed by atoms with Gasteiger partial charge in [-0.2, -0.15) is 0 Å². The van der Waals surface area contributed by atoms with E-state index in [0.717, 1.165) is 11.4 Å². The first-order chi connectivity index (χ1) is 7.06. The van der Waals surface area contributed by atoms with Gasteiger partial charge < -0.3 is 15.4 Å². The number of nitrogens with one attached hydrogen (secondary N) is 1. The van der Waals surface area contributed by atoms with Crippen LogP contribution in [0.4, 0.5) is 11.6 Å². The Bertz CT molecular complexity index is 328. The molecule has 1 aromatic heterocycles. The number of likely N-dealkylation sites (N-methyl/N-ethyl adjacent to an activating group) is 1. The lowest BCUT2D eigenvalue weighted by atomic mass is 10.3. The average molecular weight is 211 g/mol. The minimum atomic E-state index is -0.404. The van der Waals surface area contributed by atoms with Crippen molar-refractivity contribution < 1.29 is 5.11 Å². The van der Waals surface area contributed by atoms with Gasteiger partial charge in [0.1, 0.15) is 18.0 Å². The fourth-order valence-corrected chi connectivity index (χ4v) is 1.45. The molecule has 1 atom stereocenters. The molecule has 0 aliphatic heterocycles. The van der Waals surface area contributed by atoms with E-state index in [0.29, 0.717) is 12.4 Å². The lowest BCUT2D eigenvalue weighted by molar-refractivity contribution is 0.201. The van der Waals surface area contributed by atoms with E-state index in [1.165, 1.54) is 6.33 Å². The Kier molecular flexibility index (Phi) is 3.81. The van der Waals surface area contributed by atoms with Crippen LogP contribution in [-0.2, 0) is 0 Å². The van der Waals surface area contributed by atoms with Gasteiger partial charge in [0.2, 0.25) is 0 Å². The van der Waals surface area contributed by atoms with Crippen molar-refractivity contribution in [3.63, 3.8) is 0 Å². The van der Waals surface area contributed by atoms with Crippen LogP contribution in [0.2, 0.25) is 0 Å². The standard InChI is InChI=1S/C9H17N5O/c1-6(15)4-14(3)9-7(2)8(13-10)11-5-12-9/h5-6,15H,4,10H2,1-3H3,(H,11,12,13). The second-order valence-corrected chi connectivity index (χ2v) is 3.54. The van der Waals surface area contributed by atoms with E-state index >= 15 is 0 Å². The van der Waals surface area contributed by atoms with Gasteiger partial charge in [0.05, 0.1) is 6.10 Å². The van der Waals surface area contributed by atoms with Gasteiger partial charge in [-0.25, -0.2) is 15.8 Å². The molecule has 1 rings (SSSR count). The van der Waals surface area contributed by atoms with E-state index in [4.69, 9.17) is 5.84 Å². The Hall–Kier alpha value is -1.40. The van der Waals surface area contributed by atoms with E-state index in [1.54, 1.807) is 6.92 Å². The van der Waals surface area contributed by atoms with Gasteiger partial charge in [-0.15, -0.1) is 0 Å². The van der Waals surface area contributed by atoms with Gasteiger partial charge in [0.15, 0.2) is 0 Å². The highest BCUT2D eigenvalue weighted by Crippen LogP contribution is 2.20. The molecule has 0 fully saturated rings. The first-order valence-corrected chi connectivity index (χ1v) is 4.73. The second-order valence-electron chi connectivity index (χ2n) is 3.54. The summed E-state index contributed by atoms with van der Waals surface area (Å²) in [4.78, 5) is 9.99.